The van der Waals surface area contributed by atoms with Gasteiger partial charge in [-0.05, 0) is 68.7 Å². The molecule has 0 unspecified atom stereocenters. The number of hydrogen-bond acceptors (Lipinski definition) is 6. The standard InChI is InChI=1S/C22H29ClN4O2S/c1-16-21(23)15-24-22(25-16)27-13-9-18(10-14-27)17-7-11-26(12-8-17)19-3-5-20(6-4-19)30(2,28)29/h3-6,15,17-18H,7-14H2,1-2H3. The number of halogens is 1. The number of aromatic nitrogens is 2. The molecule has 2 aliphatic rings. The minimum Gasteiger partial charge on any atom is -0.372 e. The van der Waals surface area contributed by atoms with Gasteiger partial charge in [-0.2, -0.15) is 0 Å². The molecule has 30 heavy (non-hydrogen) atoms. The average molecular weight is 449 g/mol. The first kappa shape index (κ1) is 21.4. The molecular formula is C22H29ClN4O2S. The Morgan fingerprint density at radius 2 is 1.47 bits per heavy atom. The minimum atomic E-state index is -3.14. The summed E-state index contributed by atoms with van der Waals surface area (Å²) >= 11 is 6.05. The third-order valence-electron chi connectivity index (χ3n) is 6.57. The third kappa shape index (κ3) is 4.72. The van der Waals surface area contributed by atoms with Crippen molar-refractivity contribution in [1.29, 1.82) is 0 Å². The molecule has 2 fully saturated rings. The predicted octanol–water partition coefficient (Wildman–Crippen LogP) is 3.97. The minimum absolute atomic E-state index is 0.382. The van der Waals surface area contributed by atoms with Crippen molar-refractivity contribution >= 4 is 33.1 Å². The van der Waals surface area contributed by atoms with Gasteiger partial charge >= 0.3 is 0 Å². The second-order valence-corrected chi connectivity index (χ2v) is 10.9. The highest BCUT2D eigenvalue weighted by atomic mass is 35.5. The molecule has 1 aromatic carbocycles. The van der Waals surface area contributed by atoms with Crippen molar-refractivity contribution in [3.8, 4) is 0 Å². The molecule has 0 spiro atoms. The van der Waals surface area contributed by atoms with Crippen molar-refractivity contribution < 1.29 is 8.42 Å². The van der Waals surface area contributed by atoms with Crippen LogP contribution in [-0.2, 0) is 9.84 Å². The molecule has 2 aromatic rings. The summed E-state index contributed by atoms with van der Waals surface area (Å²) in [6.45, 7) is 5.98. The van der Waals surface area contributed by atoms with Gasteiger partial charge < -0.3 is 9.80 Å². The van der Waals surface area contributed by atoms with E-state index in [1.807, 2.05) is 19.1 Å². The molecule has 2 aliphatic heterocycles. The highest BCUT2D eigenvalue weighted by Gasteiger charge is 2.30. The van der Waals surface area contributed by atoms with E-state index in [-0.39, 0.29) is 0 Å². The lowest BCUT2D eigenvalue weighted by Crippen LogP contribution is -2.41. The summed E-state index contributed by atoms with van der Waals surface area (Å²) in [5, 5.41) is 0.617. The molecule has 0 aliphatic carbocycles. The Labute approximate surface area is 184 Å². The first-order valence-corrected chi connectivity index (χ1v) is 12.9. The largest absolute Gasteiger partial charge is 0.372 e. The molecule has 6 nitrogen and oxygen atoms in total. The fourth-order valence-electron chi connectivity index (χ4n) is 4.70. The average Bonchev–Trinajstić information content (AvgIpc) is 2.75. The maximum absolute atomic E-state index is 11.7. The number of benzene rings is 1. The molecule has 0 N–H and O–H groups in total. The Morgan fingerprint density at radius 1 is 0.933 bits per heavy atom. The second-order valence-electron chi connectivity index (χ2n) is 8.52. The zero-order valence-corrected chi connectivity index (χ0v) is 19.2. The Hall–Kier alpha value is -1.86. The number of anilines is 2. The Kier molecular flexibility index (Phi) is 6.21. The molecular weight excluding hydrogens is 420 g/mol. The van der Waals surface area contributed by atoms with E-state index in [4.69, 9.17) is 11.6 Å². The van der Waals surface area contributed by atoms with Gasteiger partial charge in [0.15, 0.2) is 9.84 Å². The van der Waals surface area contributed by atoms with Gasteiger partial charge in [0.2, 0.25) is 5.95 Å². The lowest BCUT2D eigenvalue weighted by atomic mass is 9.79. The summed E-state index contributed by atoms with van der Waals surface area (Å²) in [5.41, 5.74) is 1.95. The van der Waals surface area contributed by atoms with Gasteiger partial charge in [0.1, 0.15) is 0 Å². The molecule has 0 atom stereocenters. The van der Waals surface area contributed by atoms with Crippen LogP contribution in [0.25, 0.3) is 0 Å². The summed E-state index contributed by atoms with van der Waals surface area (Å²) in [7, 11) is -3.14. The molecule has 2 saturated heterocycles. The molecule has 1 aromatic heterocycles. The summed E-state index contributed by atoms with van der Waals surface area (Å²) in [6.07, 6.45) is 7.68. The summed E-state index contributed by atoms with van der Waals surface area (Å²) < 4.78 is 23.3. The number of aryl methyl sites for hydroxylation is 1. The van der Waals surface area contributed by atoms with Crippen LogP contribution in [-0.4, -0.2) is 50.8 Å². The topological polar surface area (TPSA) is 66.4 Å². The van der Waals surface area contributed by atoms with Crippen LogP contribution >= 0.6 is 11.6 Å². The van der Waals surface area contributed by atoms with Crippen molar-refractivity contribution in [2.75, 3.05) is 42.2 Å². The van der Waals surface area contributed by atoms with Crippen molar-refractivity contribution in [2.24, 2.45) is 11.8 Å². The number of rotatable bonds is 4. The Morgan fingerprint density at radius 3 is 1.97 bits per heavy atom. The fraction of sp³-hybridized carbons (Fsp3) is 0.545. The van der Waals surface area contributed by atoms with Gasteiger partial charge in [-0.15, -0.1) is 0 Å². The number of piperidine rings is 2. The van der Waals surface area contributed by atoms with Gasteiger partial charge in [-0.3, -0.25) is 0 Å². The predicted molar refractivity (Wildman–Crippen MR) is 121 cm³/mol. The van der Waals surface area contributed by atoms with E-state index in [0.29, 0.717) is 9.92 Å². The molecule has 0 radical (unpaired) electrons. The fourth-order valence-corrected chi connectivity index (χ4v) is 5.42. The van der Waals surface area contributed by atoms with Gasteiger partial charge in [-0.25, -0.2) is 18.4 Å². The van der Waals surface area contributed by atoms with Crippen LogP contribution in [0.3, 0.4) is 0 Å². The van der Waals surface area contributed by atoms with Crippen LogP contribution in [0.2, 0.25) is 5.02 Å². The summed E-state index contributed by atoms with van der Waals surface area (Å²) in [6, 6.07) is 7.30. The second kappa shape index (κ2) is 8.71. The van der Waals surface area contributed by atoms with Crippen LogP contribution in [0.15, 0.2) is 35.4 Å². The highest BCUT2D eigenvalue weighted by Crippen LogP contribution is 2.34. The van der Waals surface area contributed by atoms with Crippen molar-refractivity contribution in [2.45, 2.75) is 37.5 Å². The normalized spacial score (nSPS) is 19.3. The van der Waals surface area contributed by atoms with Gasteiger partial charge in [0, 0.05) is 38.1 Å². The molecule has 8 heteroatoms. The van der Waals surface area contributed by atoms with E-state index < -0.39 is 9.84 Å². The lowest BCUT2D eigenvalue weighted by molar-refractivity contribution is 0.232. The Balaban J connectivity index is 1.29. The van der Waals surface area contributed by atoms with Crippen LogP contribution < -0.4 is 9.80 Å². The zero-order valence-electron chi connectivity index (χ0n) is 17.6. The van der Waals surface area contributed by atoms with E-state index in [1.165, 1.54) is 31.9 Å². The van der Waals surface area contributed by atoms with Crippen LogP contribution in [0.1, 0.15) is 31.4 Å². The smallest absolute Gasteiger partial charge is 0.225 e. The van der Waals surface area contributed by atoms with Gasteiger partial charge in [0.25, 0.3) is 0 Å². The van der Waals surface area contributed by atoms with Gasteiger partial charge in [-0.1, -0.05) is 11.6 Å². The first-order chi connectivity index (χ1) is 14.3. The van der Waals surface area contributed by atoms with Crippen LogP contribution in [0.4, 0.5) is 11.6 Å². The van der Waals surface area contributed by atoms with E-state index in [0.717, 1.165) is 55.3 Å². The van der Waals surface area contributed by atoms with Crippen molar-refractivity contribution in [3.05, 3.63) is 41.2 Å². The van der Waals surface area contributed by atoms with Gasteiger partial charge in [0.05, 0.1) is 21.8 Å². The summed E-state index contributed by atoms with van der Waals surface area (Å²) in [5.74, 6) is 2.30. The van der Waals surface area contributed by atoms with Crippen molar-refractivity contribution in [1.82, 2.24) is 9.97 Å². The highest BCUT2D eigenvalue weighted by molar-refractivity contribution is 7.90. The monoisotopic (exact) mass is 448 g/mol. The molecule has 4 rings (SSSR count). The Bertz CT molecular complexity index is 981. The van der Waals surface area contributed by atoms with E-state index in [2.05, 4.69) is 19.8 Å². The molecule has 0 saturated carbocycles. The molecule has 3 heterocycles. The SMILES string of the molecule is Cc1nc(N2CCC(C3CCN(c4ccc(S(C)(=O)=O)cc4)CC3)CC2)ncc1Cl. The summed E-state index contributed by atoms with van der Waals surface area (Å²) in [4.78, 5) is 14.0. The zero-order chi connectivity index (χ0) is 21.3. The molecule has 162 valence electrons. The van der Waals surface area contributed by atoms with Crippen molar-refractivity contribution in [3.63, 3.8) is 0 Å². The maximum Gasteiger partial charge on any atom is 0.225 e. The van der Waals surface area contributed by atoms with E-state index in [9.17, 15) is 8.42 Å². The quantitative estimate of drug-likeness (QED) is 0.704. The van der Waals surface area contributed by atoms with E-state index in [1.54, 1.807) is 18.3 Å². The molecule has 0 amide bonds. The lowest BCUT2D eigenvalue weighted by Gasteiger charge is -2.41. The molecule has 0 bridgehead atoms. The number of sulfone groups is 1. The first-order valence-electron chi connectivity index (χ1n) is 10.6. The number of hydrogen-bond donors (Lipinski definition) is 0. The third-order valence-corrected chi connectivity index (χ3v) is 8.07. The maximum atomic E-state index is 11.7. The van der Waals surface area contributed by atoms with Crippen LogP contribution in [0.5, 0.6) is 0 Å². The van der Waals surface area contributed by atoms with Crippen LogP contribution in [0, 0.1) is 18.8 Å². The number of nitrogens with zero attached hydrogens (tertiary/aromatic N) is 4. The van der Waals surface area contributed by atoms with E-state index >= 15 is 0 Å².